The summed E-state index contributed by atoms with van der Waals surface area (Å²) in [5.74, 6) is 0.253. The van der Waals surface area contributed by atoms with Crippen LogP contribution < -0.4 is 14.8 Å². The summed E-state index contributed by atoms with van der Waals surface area (Å²) < 4.78 is 21.6. The van der Waals surface area contributed by atoms with Crippen molar-refractivity contribution in [1.82, 2.24) is 5.32 Å². The van der Waals surface area contributed by atoms with E-state index in [-0.39, 0.29) is 18.3 Å². The van der Waals surface area contributed by atoms with Gasteiger partial charge in [-0.3, -0.25) is 4.79 Å². The highest BCUT2D eigenvalue weighted by Crippen LogP contribution is 2.47. The molecule has 5 rings (SSSR count). The number of Topliss-reactive ketones (excluding diaryl/α,β-unsaturated/α-hetero) is 1. The van der Waals surface area contributed by atoms with E-state index in [9.17, 15) is 9.59 Å². The molecule has 0 spiro atoms. The first kappa shape index (κ1) is 26.5. The maximum Gasteiger partial charge on any atom is 0.336 e. The minimum Gasteiger partial charge on any atom is -0.493 e. The summed E-state index contributed by atoms with van der Waals surface area (Å²) in [5.41, 5.74) is 4.54. The summed E-state index contributed by atoms with van der Waals surface area (Å²) >= 11 is 0. The lowest BCUT2D eigenvalue weighted by atomic mass is 9.71. The maximum absolute atomic E-state index is 14.0. The van der Waals surface area contributed by atoms with Crippen molar-refractivity contribution < 1.29 is 28.5 Å². The third-order valence-corrected chi connectivity index (χ3v) is 7.58. The van der Waals surface area contributed by atoms with E-state index in [1.807, 2.05) is 67.6 Å². The molecule has 2 aliphatic rings. The predicted molar refractivity (Wildman–Crippen MR) is 149 cm³/mol. The summed E-state index contributed by atoms with van der Waals surface area (Å²) in [4.78, 5) is 27.5. The zero-order valence-electron chi connectivity index (χ0n) is 22.7. The van der Waals surface area contributed by atoms with E-state index in [1.165, 1.54) is 0 Å². The molecule has 0 fully saturated rings. The molecule has 3 aromatic carbocycles. The van der Waals surface area contributed by atoms with Crippen LogP contribution in [0.25, 0.3) is 10.8 Å². The molecule has 1 N–H and O–H groups in total. The quantitative estimate of drug-likeness (QED) is 0.310. The van der Waals surface area contributed by atoms with Crippen LogP contribution in [0.15, 0.2) is 83.2 Å². The minimum atomic E-state index is -0.541. The number of nitrogens with one attached hydrogen (secondary N) is 1. The zero-order chi connectivity index (χ0) is 27.5. The monoisotopic (exact) mass is 527 g/mol. The number of dihydropyridines is 1. The number of allylic oxidation sites excluding steroid dienone is 3. The third kappa shape index (κ3) is 5.02. The molecule has 7 heteroatoms. The Morgan fingerprint density at radius 3 is 2.46 bits per heavy atom. The molecule has 0 radical (unpaired) electrons. The highest BCUT2D eigenvalue weighted by atomic mass is 16.6. The van der Waals surface area contributed by atoms with Gasteiger partial charge in [0.1, 0.15) is 6.61 Å². The highest BCUT2D eigenvalue weighted by molar-refractivity contribution is 6.05. The van der Waals surface area contributed by atoms with E-state index >= 15 is 0 Å². The Bertz CT molecular complexity index is 1480. The summed E-state index contributed by atoms with van der Waals surface area (Å²) in [6.07, 6.45) is 0.948. The van der Waals surface area contributed by atoms with Crippen LogP contribution >= 0.6 is 0 Å². The molecular weight excluding hydrogens is 494 g/mol. The first-order valence-electron chi connectivity index (χ1n) is 13.1. The number of benzene rings is 3. The second-order valence-corrected chi connectivity index (χ2v) is 9.83. The molecule has 0 amide bonds. The van der Waals surface area contributed by atoms with Crippen molar-refractivity contribution in [1.29, 1.82) is 0 Å². The van der Waals surface area contributed by atoms with E-state index in [0.717, 1.165) is 27.6 Å². The van der Waals surface area contributed by atoms with Crippen LogP contribution in [-0.2, 0) is 19.1 Å². The topological polar surface area (TPSA) is 83.1 Å². The van der Waals surface area contributed by atoms with Crippen molar-refractivity contribution >= 4 is 22.5 Å². The molecule has 7 nitrogen and oxygen atoms in total. The molecule has 1 aliphatic carbocycles. The molecule has 2 atom stereocenters. The standard InChI is InChI=1S/C32H33NO6/c1-19-29(32(35)39-15-14-36-2)30(24-11-7-9-20-8-5-6-10-23(20)24)31-25(33-19)16-22(17-26(31)34)21-12-13-27(37-3)28(18-21)38-4/h5-13,18,22,30,33H,14-17H2,1-4H3. The number of ether oxygens (including phenoxy) is 4. The smallest absolute Gasteiger partial charge is 0.336 e. The zero-order valence-corrected chi connectivity index (χ0v) is 22.7. The van der Waals surface area contributed by atoms with Crippen molar-refractivity contribution in [2.24, 2.45) is 0 Å². The Balaban J connectivity index is 1.60. The highest BCUT2D eigenvalue weighted by Gasteiger charge is 2.42. The number of carbonyl (C=O) groups is 2. The fraction of sp³-hybridized carbons (Fsp3) is 0.312. The van der Waals surface area contributed by atoms with Crippen molar-refractivity contribution in [3.8, 4) is 11.5 Å². The van der Waals surface area contributed by atoms with E-state index < -0.39 is 11.9 Å². The molecule has 202 valence electrons. The van der Waals surface area contributed by atoms with E-state index in [0.29, 0.717) is 47.8 Å². The number of rotatable bonds is 8. The molecule has 0 bridgehead atoms. The van der Waals surface area contributed by atoms with Gasteiger partial charge in [-0.15, -0.1) is 0 Å². The van der Waals surface area contributed by atoms with Crippen LogP contribution in [0.5, 0.6) is 11.5 Å². The fourth-order valence-electron chi connectivity index (χ4n) is 5.76. The number of ketones is 1. The molecule has 0 saturated carbocycles. The fourth-order valence-corrected chi connectivity index (χ4v) is 5.76. The Labute approximate surface area is 228 Å². The largest absolute Gasteiger partial charge is 0.493 e. The van der Waals surface area contributed by atoms with Gasteiger partial charge in [-0.2, -0.15) is 0 Å². The van der Waals surface area contributed by atoms with Crippen LogP contribution in [-0.4, -0.2) is 46.3 Å². The summed E-state index contributed by atoms with van der Waals surface area (Å²) in [6, 6.07) is 19.9. The second-order valence-electron chi connectivity index (χ2n) is 9.83. The van der Waals surface area contributed by atoms with Gasteiger partial charge in [0.15, 0.2) is 17.3 Å². The molecular formula is C32H33NO6. The van der Waals surface area contributed by atoms with Gasteiger partial charge in [0.05, 0.1) is 26.4 Å². The molecule has 3 aromatic rings. The molecule has 1 heterocycles. The van der Waals surface area contributed by atoms with Crippen LogP contribution in [0.3, 0.4) is 0 Å². The van der Waals surface area contributed by atoms with Crippen LogP contribution in [0.1, 0.15) is 42.7 Å². The Morgan fingerprint density at radius 1 is 0.923 bits per heavy atom. The van der Waals surface area contributed by atoms with E-state index in [1.54, 1.807) is 21.3 Å². The first-order chi connectivity index (χ1) is 19.0. The normalized spacial score (nSPS) is 19.0. The maximum atomic E-state index is 14.0. The van der Waals surface area contributed by atoms with Gasteiger partial charge < -0.3 is 24.3 Å². The molecule has 0 saturated heterocycles. The Morgan fingerprint density at radius 2 is 1.69 bits per heavy atom. The lowest BCUT2D eigenvalue weighted by molar-refractivity contribution is -0.140. The lowest BCUT2D eigenvalue weighted by Crippen LogP contribution is -2.36. The average Bonchev–Trinajstić information content (AvgIpc) is 2.95. The van der Waals surface area contributed by atoms with Crippen molar-refractivity contribution in [3.05, 3.63) is 94.3 Å². The number of carbonyl (C=O) groups excluding carboxylic acids is 2. The number of fused-ring (bicyclic) bond motifs is 1. The van der Waals surface area contributed by atoms with Gasteiger partial charge in [-0.1, -0.05) is 48.5 Å². The van der Waals surface area contributed by atoms with Crippen molar-refractivity contribution in [2.75, 3.05) is 34.5 Å². The van der Waals surface area contributed by atoms with Crippen LogP contribution in [0, 0.1) is 0 Å². The van der Waals surface area contributed by atoms with Crippen LogP contribution in [0.2, 0.25) is 0 Å². The minimum absolute atomic E-state index is 0.0103. The molecule has 0 aromatic heterocycles. The van der Waals surface area contributed by atoms with Gasteiger partial charge in [-0.25, -0.2) is 4.79 Å². The Kier molecular flexibility index (Phi) is 7.70. The first-order valence-corrected chi connectivity index (χ1v) is 13.1. The third-order valence-electron chi connectivity index (χ3n) is 7.58. The number of hydrogen-bond donors (Lipinski definition) is 1. The summed E-state index contributed by atoms with van der Waals surface area (Å²) in [5, 5.41) is 5.47. The van der Waals surface area contributed by atoms with Crippen molar-refractivity contribution in [2.45, 2.75) is 31.6 Å². The van der Waals surface area contributed by atoms with Gasteiger partial charge in [-0.05, 0) is 53.3 Å². The Hall–Kier alpha value is -4.10. The number of hydrogen-bond acceptors (Lipinski definition) is 7. The van der Waals surface area contributed by atoms with Gasteiger partial charge in [0.25, 0.3) is 0 Å². The lowest BCUT2D eigenvalue weighted by Gasteiger charge is -2.37. The summed E-state index contributed by atoms with van der Waals surface area (Å²) in [6.45, 7) is 2.30. The van der Waals surface area contributed by atoms with Gasteiger partial charge in [0, 0.05) is 36.4 Å². The second kappa shape index (κ2) is 11.3. The van der Waals surface area contributed by atoms with E-state index in [2.05, 4.69) is 5.32 Å². The van der Waals surface area contributed by atoms with Crippen molar-refractivity contribution in [3.63, 3.8) is 0 Å². The number of esters is 1. The molecule has 2 unspecified atom stereocenters. The predicted octanol–water partition coefficient (Wildman–Crippen LogP) is 5.41. The molecule has 39 heavy (non-hydrogen) atoms. The SMILES string of the molecule is COCCOC(=O)C1=C(C)NC2=C(C(=O)CC(c3ccc(OC)c(OC)c3)C2)C1c1cccc2ccccc12. The average molecular weight is 528 g/mol. The summed E-state index contributed by atoms with van der Waals surface area (Å²) in [7, 11) is 4.77. The molecule has 1 aliphatic heterocycles. The van der Waals surface area contributed by atoms with E-state index in [4.69, 9.17) is 18.9 Å². The number of methoxy groups -OCH3 is 3. The van der Waals surface area contributed by atoms with Gasteiger partial charge >= 0.3 is 5.97 Å². The van der Waals surface area contributed by atoms with Crippen LogP contribution in [0.4, 0.5) is 0 Å². The van der Waals surface area contributed by atoms with Gasteiger partial charge in [0.2, 0.25) is 0 Å².